The lowest BCUT2D eigenvalue weighted by Gasteiger charge is -2.23. The number of aromatic nitrogens is 2. The van der Waals surface area contributed by atoms with Crippen molar-refractivity contribution in [2.75, 3.05) is 39.3 Å². The molecule has 34 heavy (non-hydrogen) atoms. The number of imidazole rings is 1. The van der Waals surface area contributed by atoms with Gasteiger partial charge in [-0.1, -0.05) is 30.3 Å². The van der Waals surface area contributed by atoms with E-state index in [0.717, 1.165) is 44.7 Å². The summed E-state index contributed by atoms with van der Waals surface area (Å²) in [5.41, 5.74) is 1.54. The SMILES string of the molecule is O=C1CCC(c2ccccc2)CCNC(=O)CN(C(=O)c2cn3c(n2)CCNCC3)CCCN1. The van der Waals surface area contributed by atoms with Crippen molar-refractivity contribution in [1.29, 1.82) is 0 Å². The van der Waals surface area contributed by atoms with Crippen LogP contribution in [0.5, 0.6) is 0 Å². The molecule has 3 heterocycles. The highest BCUT2D eigenvalue weighted by atomic mass is 16.2. The van der Waals surface area contributed by atoms with Crippen molar-refractivity contribution in [2.24, 2.45) is 0 Å². The standard InChI is InChI=1S/C25H34N6O3/c32-23-8-7-20(19-5-2-1-3-6-19)9-13-28-24(33)18-31(15-4-11-27-23)25(34)21-17-30-16-14-26-12-10-22(30)29-21/h1-3,5-6,17,20,26H,4,7-16,18H2,(H,27,32)(H,28,33). The van der Waals surface area contributed by atoms with Gasteiger partial charge in [0, 0.05) is 58.3 Å². The van der Waals surface area contributed by atoms with Gasteiger partial charge < -0.3 is 25.4 Å². The first-order valence-electron chi connectivity index (χ1n) is 12.2. The molecular formula is C25H34N6O3. The van der Waals surface area contributed by atoms with Gasteiger partial charge in [-0.2, -0.15) is 0 Å². The summed E-state index contributed by atoms with van der Waals surface area (Å²) < 4.78 is 2.02. The van der Waals surface area contributed by atoms with Crippen LogP contribution in [-0.4, -0.2) is 71.4 Å². The number of hydrogen-bond donors (Lipinski definition) is 3. The molecule has 1 fully saturated rings. The summed E-state index contributed by atoms with van der Waals surface area (Å²) in [6, 6.07) is 10.1. The normalized spacial score (nSPS) is 20.9. The molecule has 9 nitrogen and oxygen atoms in total. The Kier molecular flexibility index (Phi) is 8.30. The highest BCUT2D eigenvalue weighted by molar-refractivity contribution is 5.95. The van der Waals surface area contributed by atoms with Crippen LogP contribution in [-0.2, 0) is 22.6 Å². The Morgan fingerprint density at radius 1 is 0.912 bits per heavy atom. The van der Waals surface area contributed by atoms with Crippen molar-refractivity contribution in [3.8, 4) is 0 Å². The van der Waals surface area contributed by atoms with Gasteiger partial charge >= 0.3 is 0 Å². The third kappa shape index (κ3) is 6.44. The van der Waals surface area contributed by atoms with E-state index < -0.39 is 0 Å². The monoisotopic (exact) mass is 466 g/mol. The zero-order chi connectivity index (χ0) is 23.8. The molecular weight excluding hydrogens is 432 g/mol. The zero-order valence-corrected chi connectivity index (χ0v) is 19.6. The van der Waals surface area contributed by atoms with Gasteiger partial charge in [-0.05, 0) is 30.7 Å². The number of amides is 3. The number of benzene rings is 1. The largest absolute Gasteiger partial charge is 0.356 e. The minimum absolute atomic E-state index is 0.0198. The molecule has 0 bridgehead atoms. The number of nitrogens with one attached hydrogen (secondary N) is 3. The van der Waals surface area contributed by atoms with Crippen molar-refractivity contribution in [2.45, 2.75) is 44.6 Å². The molecule has 0 spiro atoms. The average molecular weight is 467 g/mol. The first-order valence-corrected chi connectivity index (χ1v) is 12.2. The maximum absolute atomic E-state index is 13.3. The summed E-state index contributed by atoms with van der Waals surface area (Å²) in [6.07, 6.45) is 5.04. The Morgan fingerprint density at radius 3 is 2.59 bits per heavy atom. The minimum atomic E-state index is -0.246. The van der Waals surface area contributed by atoms with E-state index in [1.807, 2.05) is 22.8 Å². The number of nitrogens with zero attached hydrogens (tertiary/aromatic N) is 3. The molecule has 1 aromatic heterocycles. The second kappa shape index (κ2) is 11.8. The van der Waals surface area contributed by atoms with Crippen molar-refractivity contribution >= 4 is 17.7 Å². The highest BCUT2D eigenvalue weighted by Gasteiger charge is 2.23. The summed E-state index contributed by atoms with van der Waals surface area (Å²) in [5, 5.41) is 9.26. The van der Waals surface area contributed by atoms with Gasteiger partial charge in [0.2, 0.25) is 11.8 Å². The van der Waals surface area contributed by atoms with Crippen molar-refractivity contribution < 1.29 is 14.4 Å². The maximum atomic E-state index is 13.3. The highest BCUT2D eigenvalue weighted by Crippen LogP contribution is 2.24. The molecule has 9 heteroatoms. The van der Waals surface area contributed by atoms with E-state index in [1.165, 1.54) is 5.56 Å². The molecule has 1 atom stereocenters. The fourth-order valence-corrected chi connectivity index (χ4v) is 4.60. The van der Waals surface area contributed by atoms with Crippen LogP contribution in [0.3, 0.4) is 0 Å². The molecule has 0 radical (unpaired) electrons. The van der Waals surface area contributed by atoms with Gasteiger partial charge in [-0.3, -0.25) is 14.4 Å². The summed E-state index contributed by atoms with van der Waals surface area (Å²) in [4.78, 5) is 44.5. The lowest BCUT2D eigenvalue weighted by molar-refractivity contribution is -0.123. The summed E-state index contributed by atoms with van der Waals surface area (Å²) in [6.45, 7) is 3.76. The van der Waals surface area contributed by atoms with E-state index in [0.29, 0.717) is 38.2 Å². The molecule has 2 aliphatic heterocycles. The van der Waals surface area contributed by atoms with Crippen LogP contribution >= 0.6 is 0 Å². The predicted octanol–water partition coefficient (Wildman–Crippen LogP) is 1.06. The number of rotatable bonds is 2. The Hall–Kier alpha value is -3.20. The number of fused-ring (bicyclic) bond motifs is 1. The average Bonchev–Trinajstić information content (AvgIpc) is 3.13. The van der Waals surface area contributed by atoms with E-state index in [2.05, 4.69) is 33.1 Å². The Balaban J connectivity index is 1.44. The van der Waals surface area contributed by atoms with E-state index in [1.54, 1.807) is 11.1 Å². The molecule has 3 amide bonds. The van der Waals surface area contributed by atoms with Gasteiger partial charge in [-0.15, -0.1) is 0 Å². The van der Waals surface area contributed by atoms with E-state index >= 15 is 0 Å². The van der Waals surface area contributed by atoms with Gasteiger partial charge in [0.15, 0.2) is 0 Å². The molecule has 2 aliphatic rings. The van der Waals surface area contributed by atoms with Crippen LogP contribution in [0.15, 0.2) is 36.5 Å². The Bertz CT molecular complexity index is 966. The fraction of sp³-hybridized carbons (Fsp3) is 0.520. The van der Waals surface area contributed by atoms with E-state index in [9.17, 15) is 14.4 Å². The second-order valence-corrected chi connectivity index (χ2v) is 8.95. The molecule has 182 valence electrons. The van der Waals surface area contributed by atoms with Crippen molar-refractivity contribution in [3.63, 3.8) is 0 Å². The maximum Gasteiger partial charge on any atom is 0.274 e. The molecule has 1 unspecified atom stereocenters. The van der Waals surface area contributed by atoms with Gasteiger partial charge in [0.25, 0.3) is 5.91 Å². The summed E-state index contributed by atoms with van der Waals surface area (Å²) in [7, 11) is 0. The summed E-state index contributed by atoms with van der Waals surface area (Å²) >= 11 is 0. The van der Waals surface area contributed by atoms with Gasteiger partial charge in [-0.25, -0.2) is 4.98 Å². The third-order valence-corrected chi connectivity index (χ3v) is 6.49. The Morgan fingerprint density at radius 2 is 1.74 bits per heavy atom. The fourth-order valence-electron chi connectivity index (χ4n) is 4.60. The first-order chi connectivity index (χ1) is 16.6. The second-order valence-electron chi connectivity index (χ2n) is 8.95. The lowest BCUT2D eigenvalue weighted by atomic mass is 9.91. The van der Waals surface area contributed by atoms with Crippen LogP contribution in [0.1, 0.15) is 53.5 Å². The zero-order valence-electron chi connectivity index (χ0n) is 19.6. The van der Waals surface area contributed by atoms with Crippen LogP contribution in [0.4, 0.5) is 0 Å². The minimum Gasteiger partial charge on any atom is -0.356 e. The quantitative estimate of drug-likeness (QED) is 0.613. The van der Waals surface area contributed by atoms with Gasteiger partial charge in [0.05, 0.1) is 6.54 Å². The molecule has 1 saturated heterocycles. The molecule has 2 aromatic rings. The van der Waals surface area contributed by atoms with Crippen molar-refractivity contribution in [3.05, 3.63) is 53.6 Å². The molecule has 3 N–H and O–H groups in total. The number of carbonyl (C=O) groups is 3. The van der Waals surface area contributed by atoms with Crippen LogP contribution in [0.25, 0.3) is 0 Å². The lowest BCUT2D eigenvalue weighted by Crippen LogP contribution is -2.42. The third-order valence-electron chi connectivity index (χ3n) is 6.49. The van der Waals surface area contributed by atoms with Crippen LogP contribution < -0.4 is 16.0 Å². The topological polar surface area (TPSA) is 108 Å². The van der Waals surface area contributed by atoms with Gasteiger partial charge in [0.1, 0.15) is 11.5 Å². The van der Waals surface area contributed by atoms with E-state index in [4.69, 9.17) is 0 Å². The van der Waals surface area contributed by atoms with Crippen molar-refractivity contribution in [1.82, 2.24) is 30.4 Å². The number of hydrogen-bond acceptors (Lipinski definition) is 5. The molecule has 4 rings (SSSR count). The smallest absolute Gasteiger partial charge is 0.274 e. The predicted molar refractivity (Wildman–Crippen MR) is 128 cm³/mol. The number of carbonyl (C=O) groups excluding carboxylic acids is 3. The van der Waals surface area contributed by atoms with Crippen LogP contribution in [0, 0.1) is 0 Å². The molecule has 1 aromatic carbocycles. The van der Waals surface area contributed by atoms with E-state index in [-0.39, 0.29) is 30.2 Å². The Labute approximate surface area is 200 Å². The molecule has 0 saturated carbocycles. The molecule has 0 aliphatic carbocycles. The first kappa shape index (κ1) is 23.9. The summed E-state index contributed by atoms with van der Waals surface area (Å²) in [5.74, 6) is 0.671. The van der Waals surface area contributed by atoms with Crippen LogP contribution in [0.2, 0.25) is 0 Å².